The van der Waals surface area contributed by atoms with E-state index in [1.54, 1.807) is 0 Å². The van der Waals surface area contributed by atoms with Crippen LogP contribution < -0.4 is 10.9 Å². The summed E-state index contributed by atoms with van der Waals surface area (Å²) >= 11 is 0. The Kier molecular flexibility index (Phi) is 6.67. The molecular formula is C18H18N2O6. The molecule has 2 aromatic rings. The summed E-state index contributed by atoms with van der Waals surface area (Å²) in [6.07, 6.45) is 2.11. The first kappa shape index (κ1) is 18.9. The average molecular weight is 358 g/mol. The first-order chi connectivity index (χ1) is 12.5. The highest BCUT2D eigenvalue weighted by atomic mass is 16.5. The van der Waals surface area contributed by atoms with Gasteiger partial charge in [0.15, 0.2) is 6.61 Å². The molecule has 2 rings (SSSR count). The van der Waals surface area contributed by atoms with Crippen LogP contribution in [0.5, 0.6) is 0 Å². The number of ether oxygens (including phenoxy) is 2. The maximum atomic E-state index is 11.8. The Bertz CT molecular complexity index is 841. The smallest absolute Gasteiger partial charge is 0.344 e. The van der Waals surface area contributed by atoms with Crippen LogP contribution in [0.3, 0.4) is 0 Å². The average Bonchev–Trinajstić information content (AvgIpc) is 2.65. The number of carbonyl (C=O) groups is 3. The molecule has 0 bridgehead atoms. The quantitative estimate of drug-likeness (QED) is 0.729. The van der Waals surface area contributed by atoms with Crippen LogP contribution in [-0.2, 0) is 14.3 Å². The molecule has 0 unspecified atom stereocenters. The summed E-state index contributed by atoms with van der Waals surface area (Å²) < 4.78 is 9.81. The number of aromatic amines is 1. The third kappa shape index (κ3) is 5.30. The fraction of sp³-hybridized carbons (Fsp3) is 0.222. The van der Waals surface area contributed by atoms with Crippen LogP contribution in [0.1, 0.15) is 34.1 Å². The van der Waals surface area contributed by atoms with Crippen LogP contribution in [0.25, 0.3) is 0 Å². The first-order valence-electron chi connectivity index (χ1n) is 7.93. The molecule has 0 spiro atoms. The molecule has 8 heteroatoms. The van der Waals surface area contributed by atoms with E-state index in [1.807, 2.05) is 6.92 Å². The zero-order chi connectivity index (χ0) is 18.9. The molecule has 2 N–H and O–H groups in total. The molecule has 0 atom stereocenters. The van der Waals surface area contributed by atoms with Crippen molar-refractivity contribution in [2.24, 2.45) is 0 Å². The number of benzene rings is 1. The van der Waals surface area contributed by atoms with Crippen LogP contribution in [0.2, 0.25) is 0 Å². The minimum atomic E-state index is -0.893. The number of nitrogens with one attached hydrogen (secondary N) is 2. The van der Waals surface area contributed by atoms with Crippen molar-refractivity contribution in [3.8, 4) is 0 Å². The number of H-pyrrole nitrogens is 1. The predicted octanol–water partition coefficient (Wildman–Crippen LogP) is 1.74. The van der Waals surface area contributed by atoms with Crippen LogP contribution in [0.4, 0.5) is 5.69 Å². The highest BCUT2D eigenvalue weighted by molar-refractivity contribution is 5.96. The number of pyridine rings is 1. The minimum Gasteiger partial charge on any atom is -0.462 e. The molecule has 0 saturated carbocycles. The number of hydrogen-bond donors (Lipinski definition) is 2. The molecule has 1 aromatic carbocycles. The van der Waals surface area contributed by atoms with E-state index in [-0.39, 0.29) is 5.56 Å². The summed E-state index contributed by atoms with van der Waals surface area (Å²) in [6, 6.07) is 8.88. The molecule has 1 heterocycles. The molecule has 0 fully saturated rings. The summed E-state index contributed by atoms with van der Waals surface area (Å²) in [6.45, 7) is 1.69. The lowest BCUT2D eigenvalue weighted by Crippen LogP contribution is -2.24. The number of aromatic nitrogens is 1. The van der Waals surface area contributed by atoms with Gasteiger partial charge in [-0.1, -0.05) is 6.92 Å². The summed E-state index contributed by atoms with van der Waals surface area (Å²) in [7, 11) is 0. The predicted molar refractivity (Wildman–Crippen MR) is 93.0 cm³/mol. The zero-order valence-corrected chi connectivity index (χ0v) is 14.1. The monoisotopic (exact) mass is 358 g/mol. The van der Waals surface area contributed by atoms with Gasteiger partial charge in [-0.2, -0.15) is 0 Å². The molecule has 136 valence electrons. The molecule has 0 radical (unpaired) electrons. The summed E-state index contributed by atoms with van der Waals surface area (Å²) in [5.41, 5.74) is 0.0144. The lowest BCUT2D eigenvalue weighted by Gasteiger charge is -2.07. The second-order valence-corrected chi connectivity index (χ2v) is 5.25. The molecule has 1 aromatic heterocycles. The highest BCUT2D eigenvalue weighted by Crippen LogP contribution is 2.11. The van der Waals surface area contributed by atoms with E-state index in [2.05, 4.69) is 10.3 Å². The summed E-state index contributed by atoms with van der Waals surface area (Å²) in [4.78, 5) is 49.1. The van der Waals surface area contributed by atoms with Crippen molar-refractivity contribution in [2.75, 3.05) is 18.5 Å². The second kappa shape index (κ2) is 9.16. The molecule has 1 amide bonds. The fourth-order valence-electron chi connectivity index (χ4n) is 1.96. The highest BCUT2D eigenvalue weighted by Gasteiger charge is 2.13. The molecule has 0 aliphatic heterocycles. The van der Waals surface area contributed by atoms with E-state index in [0.717, 1.165) is 6.42 Å². The van der Waals surface area contributed by atoms with E-state index < -0.39 is 30.0 Å². The van der Waals surface area contributed by atoms with Gasteiger partial charge in [0.25, 0.3) is 11.5 Å². The lowest BCUT2D eigenvalue weighted by atomic mass is 10.2. The molecule has 0 aliphatic rings. The van der Waals surface area contributed by atoms with Gasteiger partial charge in [0, 0.05) is 11.9 Å². The number of hydrogen-bond acceptors (Lipinski definition) is 6. The topological polar surface area (TPSA) is 115 Å². The van der Waals surface area contributed by atoms with Crippen molar-refractivity contribution in [3.05, 3.63) is 64.1 Å². The first-order valence-corrected chi connectivity index (χ1v) is 7.93. The number of carbonyl (C=O) groups excluding carboxylic acids is 3. The van der Waals surface area contributed by atoms with Crippen molar-refractivity contribution in [2.45, 2.75) is 13.3 Å². The number of rotatable bonds is 7. The fourth-order valence-corrected chi connectivity index (χ4v) is 1.96. The zero-order valence-electron chi connectivity index (χ0n) is 14.1. The van der Waals surface area contributed by atoms with E-state index in [1.165, 1.54) is 42.6 Å². The molecular weight excluding hydrogens is 340 g/mol. The van der Waals surface area contributed by atoms with Crippen LogP contribution in [0, 0.1) is 0 Å². The SMILES string of the molecule is CCCOC(=O)c1ccc(NC(=O)COC(=O)c2ccc[nH]c2=O)cc1. The van der Waals surface area contributed by atoms with E-state index in [9.17, 15) is 19.2 Å². The Balaban J connectivity index is 1.86. The van der Waals surface area contributed by atoms with Gasteiger partial charge in [-0.25, -0.2) is 9.59 Å². The van der Waals surface area contributed by atoms with Gasteiger partial charge in [-0.15, -0.1) is 0 Å². The maximum Gasteiger partial charge on any atom is 0.344 e. The van der Waals surface area contributed by atoms with Gasteiger partial charge >= 0.3 is 11.9 Å². The van der Waals surface area contributed by atoms with E-state index in [4.69, 9.17) is 9.47 Å². The Labute approximate surface area is 149 Å². The van der Waals surface area contributed by atoms with Crippen molar-refractivity contribution in [3.63, 3.8) is 0 Å². The van der Waals surface area contributed by atoms with Crippen LogP contribution in [0.15, 0.2) is 47.4 Å². The Morgan fingerprint density at radius 2 is 1.77 bits per heavy atom. The Hall–Kier alpha value is -3.42. The van der Waals surface area contributed by atoms with Gasteiger partial charge in [0.2, 0.25) is 0 Å². The second-order valence-electron chi connectivity index (χ2n) is 5.25. The number of anilines is 1. The van der Waals surface area contributed by atoms with Gasteiger partial charge in [-0.05, 0) is 42.8 Å². The van der Waals surface area contributed by atoms with Crippen LogP contribution in [-0.4, -0.2) is 36.0 Å². The maximum absolute atomic E-state index is 11.8. The van der Waals surface area contributed by atoms with Crippen molar-refractivity contribution < 1.29 is 23.9 Å². The van der Waals surface area contributed by atoms with Gasteiger partial charge in [-0.3, -0.25) is 9.59 Å². The lowest BCUT2D eigenvalue weighted by molar-refractivity contribution is -0.119. The van der Waals surface area contributed by atoms with Gasteiger partial charge in [0.05, 0.1) is 12.2 Å². The molecule has 0 saturated heterocycles. The van der Waals surface area contributed by atoms with Crippen LogP contribution >= 0.6 is 0 Å². The minimum absolute atomic E-state index is 0.185. The Morgan fingerprint density at radius 3 is 2.42 bits per heavy atom. The third-order valence-electron chi connectivity index (χ3n) is 3.21. The van der Waals surface area contributed by atoms with Crippen molar-refractivity contribution in [1.29, 1.82) is 0 Å². The molecule has 26 heavy (non-hydrogen) atoms. The summed E-state index contributed by atoms with van der Waals surface area (Å²) in [5.74, 6) is -1.91. The molecule has 8 nitrogen and oxygen atoms in total. The van der Waals surface area contributed by atoms with Gasteiger partial charge < -0.3 is 19.8 Å². The third-order valence-corrected chi connectivity index (χ3v) is 3.21. The normalized spacial score (nSPS) is 10.0. The van der Waals surface area contributed by atoms with E-state index >= 15 is 0 Å². The largest absolute Gasteiger partial charge is 0.462 e. The van der Waals surface area contributed by atoms with Crippen molar-refractivity contribution >= 4 is 23.5 Å². The summed E-state index contributed by atoms with van der Waals surface area (Å²) in [5, 5.41) is 2.52. The Morgan fingerprint density at radius 1 is 1.04 bits per heavy atom. The molecule has 0 aliphatic carbocycles. The van der Waals surface area contributed by atoms with E-state index in [0.29, 0.717) is 17.9 Å². The van der Waals surface area contributed by atoms with Crippen molar-refractivity contribution in [1.82, 2.24) is 4.98 Å². The van der Waals surface area contributed by atoms with Gasteiger partial charge in [0.1, 0.15) is 5.56 Å². The number of amides is 1. The standard InChI is InChI=1S/C18H18N2O6/c1-2-10-25-17(23)12-5-7-13(8-6-12)20-15(21)11-26-18(24)14-4-3-9-19-16(14)22/h3-9H,2,10-11H2,1H3,(H,19,22)(H,20,21). The number of esters is 2.